The van der Waals surface area contributed by atoms with Crippen molar-refractivity contribution in [2.24, 2.45) is 5.92 Å². The first-order valence-corrected chi connectivity index (χ1v) is 3.54. The van der Waals surface area contributed by atoms with E-state index < -0.39 is 6.29 Å². The Labute approximate surface area is 62.2 Å². The topological polar surface area (TPSA) is 40.5 Å². The van der Waals surface area contributed by atoms with E-state index in [4.69, 9.17) is 10.2 Å². The van der Waals surface area contributed by atoms with Crippen LogP contribution in [0.3, 0.4) is 0 Å². The molecule has 0 aromatic heterocycles. The molecule has 10 heavy (non-hydrogen) atoms. The third-order valence-electron chi connectivity index (χ3n) is 1.54. The number of allylic oxidation sites excluding steroid dienone is 1. The molecule has 0 radical (unpaired) electrons. The summed E-state index contributed by atoms with van der Waals surface area (Å²) in [6.07, 6.45) is 0.491. The monoisotopic (exact) mass is 144 g/mol. The van der Waals surface area contributed by atoms with Gasteiger partial charge >= 0.3 is 0 Å². The highest BCUT2D eigenvalue weighted by atomic mass is 16.5. The van der Waals surface area contributed by atoms with Crippen molar-refractivity contribution in [3.05, 3.63) is 12.2 Å². The third-order valence-corrected chi connectivity index (χ3v) is 1.54. The molecule has 2 heteroatoms. The minimum absolute atomic E-state index is 0.0447. The highest BCUT2D eigenvalue weighted by Gasteiger charge is 2.08. The van der Waals surface area contributed by atoms with Crippen LogP contribution in [0, 0.1) is 5.92 Å². The van der Waals surface area contributed by atoms with Crippen molar-refractivity contribution in [2.45, 2.75) is 33.0 Å². The molecule has 0 aliphatic rings. The fourth-order valence-corrected chi connectivity index (χ4v) is 0.623. The van der Waals surface area contributed by atoms with Crippen molar-refractivity contribution in [3.8, 4) is 0 Å². The average Bonchev–Trinajstić information content (AvgIpc) is 1.82. The lowest BCUT2D eigenvalue weighted by atomic mass is 10.0. The molecule has 0 aromatic carbocycles. The van der Waals surface area contributed by atoms with Crippen LogP contribution in [0.1, 0.15) is 26.7 Å². The molecule has 0 aliphatic carbocycles. The molecule has 0 bridgehead atoms. The molecule has 1 atom stereocenters. The second kappa shape index (κ2) is 4.47. The van der Waals surface area contributed by atoms with Gasteiger partial charge in [-0.3, -0.25) is 0 Å². The first-order chi connectivity index (χ1) is 4.54. The summed E-state index contributed by atoms with van der Waals surface area (Å²) in [4.78, 5) is 0. The van der Waals surface area contributed by atoms with Crippen LogP contribution in [0.25, 0.3) is 0 Å². The molecule has 0 aromatic rings. The van der Waals surface area contributed by atoms with Gasteiger partial charge in [0, 0.05) is 5.92 Å². The second-order valence-corrected chi connectivity index (χ2v) is 2.89. The van der Waals surface area contributed by atoms with Crippen molar-refractivity contribution in [2.75, 3.05) is 0 Å². The normalized spacial score (nSPS) is 13.7. The van der Waals surface area contributed by atoms with E-state index in [0.717, 1.165) is 18.4 Å². The smallest absolute Gasteiger partial charge is 0.154 e. The van der Waals surface area contributed by atoms with Gasteiger partial charge in [-0.15, -0.1) is 6.58 Å². The van der Waals surface area contributed by atoms with Gasteiger partial charge in [-0.05, 0) is 19.8 Å². The van der Waals surface area contributed by atoms with Crippen molar-refractivity contribution in [1.29, 1.82) is 0 Å². The lowest BCUT2D eigenvalue weighted by molar-refractivity contribution is -0.0801. The lowest BCUT2D eigenvalue weighted by Gasteiger charge is -2.12. The summed E-state index contributed by atoms with van der Waals surface area (Å²) in [6, 6.07) is 0. The molecule has 0 heterocycles. The Hall–Kier alpha value is -0.340. The van der Waals surface area contributed by atoms with Gasteiger partial charge in [-0.25, -0.2) is 0 Å². The first kappa shape index (κ1) is 9.66. The zero-order valence-electron chi connectivity index (χ0n) is 6.67. The average molecular weight is 144 g/mol. The molecule has 2 nitrogen and oxygen atoms in total. The van der Waals surface area contributed by atoms with Gasteiger partial charge in [-0.2, -0.15) is 0 Å². The van der Waals surface area contributed by atoms with E-state index in [-0.39, 0.29) is 5.92 Å². The summed E-state index contributed by atoms with van der Waals surface area (Å²) in [5.74, 6) is -0.0447. The van der Waals surface area contributed by atoms with Crippen molar-refractivity contribution in [1.82, 2.24) is 0 Å². The molecule has 0 fully saturated rings. The van der Waals surface area contributed by atoms with E-state index >= 15 is 0 Å². The Morgan fingerprint density at radius 2 is 2.00 bits per heavy atom. The van der Waals surface area contributed by atoms with Crippen LogP contribution in [-0.4, -0.2) is 16.5 Å². The van der Waals surface area contributed by atoms with E-state index in [1.807, 2.05) is 13.8 Å². The number of aliphatic hydroxyl groups excluding tert-OH is 1. The molecule has 0 aliphatic heterocycles. The molecule has 60 valence electrons. The van der Waals surface area contributed by atoms with E-state index in [2.05, 4.69) is 6.58 Å². The Bertz CT molecular complexity index is 108. The molecule has 0 saturated carbocycles. The molecule has 2 N–H and O–H groups in total. The highest BCUT2D eigenvalue weighted by Crippen LogP contribution is 2.12. The van der Waals surface area contributed by atoms with E-state index in [1.165, 1.54) is 0 Å². The molecule has 1 unspecified atom stereocenters. The summed E-state index contributed by atoms with van der Waals surface area (Å²) in [6.45, 7) is 7.48. The SMILES string of the molecule is C=C(C)CCC(C)C(O)O. The number of aliphatic hydroxyl groups is 2. The minimum atomic E-state index is -1.18. The number of hydrogen-bond acceptors (Lipinski definition) is 2. The molecular formula is C8H16O2. The van der Waals surface area contributed by atoms with E-state index in [9.17, 15) is 0 Å². The lowest BCUT2D eigenvalue weighted by Crippen LogP contribution is -2.15. The van der Waals surface area contributed by atoms with Crippen LogP contribution >= 0.6 is 0 Å². The first-order valence-electron chi connectivity index (χ1n) is 3.54. The van der Waals surface area contributed by atoms with Crippen molar-refractivity contribution >= 4 is 0 Å². The summed E-state index contributed by atoms with van der Waals surface area (Å²) >= 11 is 0. The van der Waals surface area contributed by atoms with Crippen LogP contribution in [0.4, 0.5) is 0 Å². The molecule has 0 saturated heterocycles. The molecule has 0 rings (SSSR count). The quantitative estimate of drug-likeness (QED) is 0.461. The van der Waals surface area contributed by atoms with Crippen LogP contribution in [0.2, 0.25) is 0 Å². The standard InChI is InChI=1S/C8H16O2/c1-6(2)4-5-7(3)8(9)10/h7-10H,1,4-5H2,2-3H3. The zero-order valence-corrected chi connectivity index (χ0v) is 6.67. The van der Waals surface area contributed by atoms with Gasteiger partial charge in [0.15, 0.2) is 6.29 Å². The fourth-order valence-electron chi connectivity index (χ4n) is 0.623. The van der Waals surface area contributed by atoms with Gasteiger partial charge in [0.2, 0.25) is 0 Å². The van der Waals surface area contributed by atoms with Gasteiger partial charge in [0.05, 0.1) is 0 Å². The Morgan fingerprint density at radius 3 is 2.30 bits per heavy atom. The van der Waals surface area contributed by atoms with Gasteiger partial charge in [0.1, 0.15) is 0 Å². The van der Waals surface area contributed by atoms with E-state index in [1.54, 1.807) is 0 Å². The summed E-state index contributed by atoms with van der Waals surface area (Å²) in [7, 11) is 0. The molecule has 0 amide bonds. The van der Waals surface area contributed by atoms with Crippen LogP contribution in [0.5, 0.6) is 0 Å². The summed E-state index contributed by atoms with van der Waals surface area (Å²) in [5.41, 5.74) is 1.09. The summed E-state index contributed by atoms with van der Waals surface area (Å²) < 4.78 is 0. The number of hydrogen-bond donors (Lipinski definition) is 2. The van der Waals surface area contributed by atoms with Crippen molar-refractivity contribution in [3.63, 3.8) is 0 Å². The molecule has 0 spiro atoms. The summed E-state index contributed by atoms with van der Waals surface area (Å²) in [5, 5.41) is 17.3. The Morgan fingerprint density at radius 1 is 1.50 bits per heavy atom. The van der Waals surface area contributed by atoms with Gasteiger partial charge in [-0.1, -0.05) is 12.5 Å². The molecular weight excluding hydrogens is 128 g/mol. The number of rotatable bonds is 4. The maximum Gasteiger partial charge on any atom is 0.154 e. The third kappa shape index (κ3) is 4.53. The predicted molar refractivity (Wildman–Crippen MR) is 41.4 cm³/mol. The maximum atomic E-state index is 8.66. The van der Waals surface area contributed by atoms with Crippen LogP contribution < -0.4 is 0 Å². The maximum absolute atomic E-state index is 8.66. The second-order valence-electron chi connectivity index (χ2n) is 2.89. The largest absolute Gasteiger partial charge is 0.368 e. The van der Waals surface area contributed by atoms with Gasteiger partial charge < -0.3 is 10.2 Å². The fraction of sp³-hybridized carbons (Fsp3) is 0.750. The highest BCUT2D eigenvalue weighted by molar-refractivity contribution is 4.87. The van der Waals surface area contributed by atoms with Crippen LogP contribution in [-0.2, 0) is 0 Å². The minimum Gasteiger partial charge on any atom is -0.368 e. The Balaban J connectivity index is 3.39. The van der Waals surface area contributed by atoms with Gasteiger partial charge in [0.25, 0.3) is 0 Å². The van der Waals surface area contributed by atoms with Crippen LogP contribution in [0.15, 0.2) is 12.2 Å². The predicted octanol–water partition coefficient (Wildman–Crippen LogP) is 1.29. The Kier molecular flexibility index (Phi) is 4.32. The zero-order chi connectivity index (χ0) is 8.15. The van der Waals surface area contributed by atoms with Crippen molar-refractivity contribution < 1.29 is 10.2 Å². The van der Waals surface area contributed by atoms with E-state index in [0.29, 0.717) is 0 Å².